The van der Waals surface area contributed by atoms with E-state index in [0.29, 0.717) is 38.0 Å². The minimum Gasteiger partial charge on any atom is -0.487 e. The smallest absolute Gasteiger partial charge is 0.311 e. The number of nitro groups is 1. The van der Waals surface area contributed by atoms with Gasteiger partial charge >= 0.3 is 5.69 Å². The van der Waals surface area contributed by atoms with Gasteiger partial charge in [0.05, 0.1) is 18.1 Å². The van der Waals surface area contributed by atoms with E-state index in [9.17, 15) is 10.1 Å². The number of nitrogens with zero attached hydrogens (tertiary/aromatic N) is 1. The van der Waals surface area contributed by atoms with Crippen molar-refractivity contribution in [1.82, 2.24) is 5.32 Å². The van der Waals surface area contributed by atoms with Gasteiger partial charge in [0.15, 0.2) is 5.75 Å². The number of benzene rings is 1. The molecular weight excluding hydrogens is 272 g/mol. The van der Waals surface area contributed by atoms with E-state index < -0.39 is 4.92 Å². The Morgan fingerprint density at radius 1 is 1.43 bits per heavy atom. The van der Waals surface area contributed by atoms with Gasteiger partial charge in [0.1, 0.15) is 0 Å². The topological polar surface area (TPSA) is 73.6 Å². The first-order chi connectivity index (χ1) is 10.1. The maximum Gasteiger partial charge on any atom is 0.311 e. The monoisotopic (exact) mass is 296 g/mol. The van der Waals surface area contributed by atoms with Crippen LogP contribution in [0.2, 0.25) is 0 Å². The first-order valence-electron chi connectivity index (χ1n) is 7.18. The average molecular weight is 296 g/mol. The average Bonchev–Trinajstić information content (AvgIpc) is 2.49. The van der Waals surface area contributed by atoms with E-state index >= 15 is 0 Å². The SMILES string of the molecule is CCC(C)COc1ccc(CNCCOC)cc1[N+](=O)[O-]. The van der Waals surface area contributed by atoms with E-state index in [4.69, 9.17) is 9.47 Å². The second kappa shape index (κ2) is 9.31. The van der Waals surface area contributed by atoms with Gasteiger partial charge in [-0.25, -0.2) is 0 Å². The third-order valence-corrected chi connectivity index (χ3v) is 3.25. The van der Waals surface area contributed by atoms with E-state index in [1.165, 1.54) is 0 Å². The van der Waals surface area contributed by atoms with E-state index in [1.807, 2.05) is 6.07 Å². The molecule has 1 unspecified atom stereocenters. The second-order valence-electron chi connectivity index (χ2n) is 5.05. The fourth-order valence-electron chi connectivity index (χ4n) is 1.69. The molecule has 1 atom stereocenters. The Morgan fingerprint density at radius 3 is 2.81 bits per heavy atom. The maximum atomic E-state index is 11.1. The van der Waals surface area contributed by atoms with Gasteiger partial charge in [-0.05, 0) is 17.5 Å². The highest BCUT2D eigenvalue weighted by Gasteiger charge is 2.16. The van der Waals surface area contributed by atoms with E-state index in [-0.39, 0.29) is 5.69 Å². The van der Waals surface area contributed by atoms with E-state index in [0.717, 1.165) is 12.0 Å². The molecule has 118 valence electrons. The van der Waals surface area contributed by atoms with Crippen LogP contribution >= 0.6 is 0 Å². The minimum atomic E-state index is -0.398. The molecule has 0 radical (unpaired) electrons. The summed E-state index contributed by atoms with van der Waals surface area (Å²) in [6.07, 6.45) is 0.981. The molecule has 0 spiro atoms. The molecular formula is C15H24N2O4. The number of ether oxygens (including phenoxy) is 2. The molecule has 1 N–H and O–H groups in total. The molecule has 0 aliphatic carbocycles. The molecule has 6 heteroatoms. The zero-order valence-electron chi connectivity index (χ0n) is 12.9. The standard InChI is InChI=1S/C15H24N2O4/c1-4-12(2)11-21-15-6-5-13(9-14(15)17(18)19)10-16-7-8-20-3/h5-6,9,12,16H,4,7-8,10-11H2,1-3H3. The van der Waals surface area contributed by atoms with Gasteiger partial charge < -0.3 is 14.8 Å². The highest BCUT2D eigenvalue weighted by molar-refractivity contribution is 5.48. The van der Waals surface area contributed by atoms with Gasteiger partial charge in [-0.1, -0.05) is 26.3 Å². The van der Waals surface area contributed by atoms with Crippen LogP contribution in [0.25, 0.3) is 0 Å². The van der Waals surface area contributed by atoms with Gasteiger partial charge in [-0.3, -0.25) is 10.1 Å². The van der Waals surface area contributed by atoms with Gasteiger partial charge in [0.2, 0.25) is 0 Å². The molecule has 0 aliphatic rings. The van der Waals surface area contributed by atoms with Crippen LogP contribution in [0.15, 0.2) is 18.2 Å². The Kier molecular flexibility index (Phi) is 7.71. The van der Waals surface area contributed by atoms with Crippen molar-refractivity contribution in [2.75, 3.05) is 26.9 Å². The molecule has 0 aromatic heterocycles. The fraction of sp³-hybridized carbons (Fsp3) is 0.600. The fourth-order valence-corrected chi connectivity index (χ4v) is 1.69. The lowest BCUT2D eigenvalue weighted by molar-refractivity contribution is -0.386. The summed E-state index contributed by atoms with van der Waals surface area (Å²) in [5.74, 6) is 0.709. The molecule has 6 nitrogen and oxygen atoms in total. The number of hydrogen-bond donors (Lipinski definition) is 1. The van der Waals surface area contributed by atoms with Crippen LogP contribution in [-0.2, 0) is 11.3 Å². The van der Waals surface area contributed by atoms with Crippen LogP contribution in [0.5, 0.6) is 5.75 Å². The van der Waals surface area contributed by atoms with Crippen LogP contribution < -0.4 is 10.1 Å². The van der Waals surface area contributed by atoms with Crippen LogP contribution in [0.4, 0.5) is 5.69 Å². The number of hydrogen-bond acceptors (Lipinski definition) is 5. The van der Waals surface area contributed by atoms with Crippen molar-refractivity contribution < 1.29 is 14.4 Å². The number of methoxy groups -OCH3 is 1. The Morgan fingerprint density at radius 2 is 2.19 bits per heavy atom. The van der Waals surface area contributed by atoms with Crippen molar-refractivity contribution in [3.8, 4) is 5.75 Å². The molecule has 1 rings (SSSR count). The summed E-state index contributed by atoms with van der Waals surface area (Å²) in [6.45, 7) is 6.49. The summed E-state index contributed by atoms with van der Waals surface area (Å²) < 4.78 is 10.5. The van der Waals surface area contributed by atoms with Crippen LogP contribution in [0.3, 0.4) is 0 Å². The molecule has 0 saturated heterocycles. The summed E-state index contributed by atoms with van der Waals surface area (Å²) in [5, 5.41) is 14.3. The summed E-state index contributed by atoms with van der Waals surface area (Å²) in [4.78, 5) is 10.8. The predicted molar refractivity (Wildman–Crippen MR) is 81.6 cm³/mol. The molecule has 0 bridgehead atoms. The van der Waals surface area contributed by atoms with Crippen molar-refractivity contribution in [3.05, 3.63) is 33.9 Å². The first-order valence-corrected chi connectivity index (χ1v) is 7.18. The third-order valence-electron chi connectivity index (χ3n) is 3.25. The van der Waals surface area contributed by atoms with E-state index in [1.54, 1.807) is 19.2 Å². The quantitative estimate of drug-likeness (QED) is 0.408. The molecule has 1 aromatic carbocycles. The number of rotatable bonds is 10. The summed E-state index contributed by atoms with van der Waals surface area (Å²) in [5.41, 5.74) is 0.873. The number of nitro benzene ring substituents is 1. The molecule has 0 heterocycles. The van der Waals surface area contributed by atoms with Gasteiger partial charge in [0.25, 0.3) is 0 Å². The Balaban J connectivity index is 2.70. The molecule has 21 heavy (non-hydrogen) atoms. The largest absolute Gasteiger partial charge is 0.487 e. The maximum absolute atomic E-state index is 11.1. The molecule has 0 amide bonds. The zero-order valence-corrected chi connectivity index (χ0v) is 12.9. The molecule has 0 fully saturated rings. The zero-order chi connectivity index (χ0) is 15.7. The minimum absolute atomic E-state index is 0.0179. The Hall–Kier alpha value is -1.66. The predicted octanol–water partition coefficient (Wildman–Crippen LogP) is 2.76. The van der Waals surface area contributed by atoms with E-state index in [2.05, 4.69) is 19.2 Å². The highest BCUT2D eigenvalue weighted by atomic mass is 16.6. The van der Waals surface area contributed by atoms with Crippen molar-refractivity contribution in [2.45, 2.75) is 26.8 Å². The lowest BCUT2D eigenvalue weighted by Gasteiger charge is -2.12. The van der Waals surface area contributed by atoms with Crippen LogP contribution in [0.1, 0.15) is 25.8 Å². The molecule has 0 aliphatic heterocycles. The van der Waals surface area contributed by atoms with Crippen molar-refractivity contribution in [2.24, 2.45) is 5.92 Å². The first kappa shape index (κ1) is 17.4. The molecule has 1 aromatic rings. The normalized spacial score (nSPS) is 12.1. The van der Waals surface area contributed by atoms with Gasteiger partial charge in [0, 0.05) is 26.3 Å². The summed E-state index contributed by atoms with van der Waals surface area (Å²) in [7, 11) is 1.63. The Bertz CT molecular complexity index is 451. The lowest BCUT2D eigenvalue weighted by atomic mass is 10.1. The van der Waals surface area contributed by atoms with Crippen molar-refractivity contribution in [1.29, 1.82) is 0 Å². The molecule has 0 saturated carbocycles. The summed E-state index contributed by atoms with van der Waals surface area (Å²) in [6, 6.07) is 5.08. The number of nitrogens with one attached hydrogen (secondary N) is 1. The van der Waals surface area contributed by atoms with Crippen LogP contribution in [-0.4, -0.2) is 31.8 Å². The third kappa shape index (κ3) is 6.10. The van der Waals surface area contributed by atoms with Crippen molar-refractivity contribution in [3.63, 3.8) is 0 Å². The van der Waals surface area contributed by atoms with Crippen LogP contribution in [0, 0.1) is 16.0 Å². The Labute approximate surface area is 125 Å². The second-order valence-corrected chi connectivity index (χ2v) is 5.05. The highest BCUT2D eigenvalue weighted by Crippen LogP contribution is 2.28. The summed E-state index contributed by atoms with van der Waals surface area (Å²) >= 11 is 0. The van der Waals surface area contributed by atoms with Crippen molar-refractivity contribution >= 4 is 5.69 Å². The lowest BCUT2D eigenvalue weighted by Crippen LogP contribution is -2.18. The van der Waals surface area contributed by atoms with Gasteiger partial charge in [-0.2, -0.15) is 0 Å². The van der Waals surface area contributed by atoms with Gasteiger partial charge in [-0.15, -0.1) is 0 Å².